The fourth-order valence-corrected chi connectivity index (χ4v) is 3.28. The summed E-state index contributed by atoms with van der Waals surface area (Å²) in [6, 6.07) is 16.0. The van der Waals surface area contributed by atoms with E-state index in [2.05, 4.69) is 35.8 Å². The van der Waals surface area contributed by atoms with Crippen LogP contribution in [0.2, 0.25) is 0 Å². The first-order valence-corrected chi connectivity index (χ1v) is 9.07. The average Bonchev–Trinajstić information content (AvgIpc) is 3.13. The van der Waals surface area contributed by atoms with Crippen LogP contribution in [0.15, 0.2) is 48.5 Å². The number of rotatable bonds is 4. The third kappa shape index (κ3) is 4.23. The molecule has 3 rings (SSSR count). The molecule has 5 heteroatoms. The predicted molar refractivity (Wildman–Crippen MR) is 104 cm³/mol. The van der Waals surface area contributed by atoms with Crippen LogP contribution in [-0.2, 0) is 4.79 Å². The van der Waals surface area contributed by atoms with Crippen molar-refractivity contribution in [2.75, 3.05) is 25.0 Å². The highest BCUT2D eigenvalue weighted by Crippen LogP contribution is 2.24. The summed E-state index contributed by atoms with van der Waals surface area (Å²) in [5, 5.41) is 5.78. The molecule has 3 amide bonds. The van der Waals surface area contributed by atoms with Gasteiger partial charge in [-0.05, 0) is 43.5 Å². The van der Waals surface area contributed by atoms with Gasteiger partial charge in [0.1, 0.15) is 0 Å². The molecule has 26 heavy (non-hydrogen) atoms. The summed E-state index contributed by atoms with van der Waals surface area (Å²) < 4.78 is 0. The Balaban J connectivity index is 1.65. The lowest BCUT2D eigenvalue weighted by Gasteiger charge is -2.17. The van der Waals surface area contributed by atoms with Crippen LogP contribution in [0.1, 0.15) is 18.9 Å². The lowest BCUT2D eigenvalue weighted by Crippen LogP contribution is -2.36. The highest BCUT2D eigenvalue weighted by molar-refractivity contribution is 5.91. The van der Waals surface area contributed by atoms with Gasteiger partial charge < -0.3 is 15.5 Å². The molecule has 1 aliphatic rings. The Bertz CT molecular complexity index is 803. The molecule has 1 heterocycles. The van der Waals surface area contributed by atoms with Crippen LogP contribution < -0.4 is 10.6 Å². The number of nitrogens with one attached hydrogen (secondary N) is 2. The summed E-state index contributed by atoms with van der Waals surface area (Å²) in [5.74, 6) is -0.0800. The summed E-state index contributed by atoms with van der Waals surface area (Å²) in [6.07, 6.45) is 0.711. The van der Waals surface area contributed by atoms with Gasteiger partial charge in [-0.2, -0.15) is 0 Å². The number of aryl methyl sites for hydroxylation is 1. The number of anilines is 1. The Hall–Kier alpha value is -2.82. The maximum atomic E-state index is 12.5. The molecule has 1 atom stereocenters. The first-order chi connectivity index (χ1) is 12.6. The zero-order valence-electron chi connectivity index (χ0n) is 15.3. The summed E-state index contributed by atoms with van der Waals surface area (Å²) in [4.78, 5) is 26.2. The molecule has 2 N–H and O–H groups in total. The lowest BCUT2D eigenvalue weighted by atomic mass is 10.0. The van der Waals surface area contributed by atoms with Gasteiger partial charge in [0.15, 0.2) is 0 Å². The number of carbonyl (C=O) groups is 2. The second-order valence-electron chi connectivity index (χ2n) is 6.71. The highest BCUT2D eigenvalue weighted by atomic mass is 16.2. The molecule has 1 unspecified atom stereocenters. The van der Waals surface area contributed by atoms with Crippen molar-refractivity contribution in [3.63, 3.8) is 0 Å². The minimum atomic E-state index is -0.154. The number of urea groups is 1. The monoisotopic (exact) mass is 351 g/mol. The molecular formula is C21H25N3O2. The minimum absolute atomic E-state index is 0.0317. The van der Waals surface area contributed by atoms with Crippen LogP contribution in [0.3, 0.4) is 0 Å². The number of benzene rings is 2. The molecule has 0 aromatic heterocycles. The van der Waals surface area contributed by atoms with Crippen LogP contribution in [0, 0.1) is 12.8 Å². The molecule has 0 bridgehead atoms. The number of amides is 3. The van der Waals surface area contributed by atoms with E-state index in [1.165, 1.54) is 5.56 Å². The smallest absolute Gasteiger partial charge is 0.321 e. The van der Waals surface area contributed by atoms with Gasteiger partial charge in [-0.25, -0.2) is 4.79 Å². The maximum Gasteiger partial charge on any atom is 0.321 e. The van der Waals surface area contributed by atoms with Crippen molar-refractivity contribution in [2.45, 2.75) is 20.3 Å². The summed E-state index contributed by atoms with van der Waals surface area (Å²) in [5.41, 5.74) is 4.15. The summed E-state index contributed by atoms with van der Waals surface area (Å²) in [7, 11) is 0. The normalized spacial score (nSPS) is 16.4. The van der Waals surface area contributed by atoms with Crippen molar-refractivity contribution in [1.29, 1.82) is 0 Å². The van der Waals surface area contributed by atoms with Crippen molar-refractivity contribution in [2.24, 2.45) is 5.92 Å². The van der Waals surface area contributed by atoms with Crippen LogP contribution in [-0.4, -0.2) is 36.5 Å². The number of likely N-dealkylation sites (tertiary alicyclic amines) is 1. The Morgan fingerprint density at radius 1 is 1.12 bits per heavy atom. The van der Waals surface area contributed by atoms with Crippen molar-refractivity contribution >= 4 is 17.6 Å². The Morgan fingerprint density at radius 3 is 2.58 bits per heavy atom. The standard InChI is InChI=1S/C21H25N3O2/c1-3-22-20(25)18-10-11-24(14-18)21(26)23-19-9-5-8-17(13-19)16-7-4-6-15(2)12-16/h4-9,12-13,18H,3,10-11,14H2,1-2H3,(H,22,25)(H,23,26). The summed E-state index contributed by atoms with van der Waals surface area (Å²) in [6.45, 7) is 5.65. The van der Waals surface area contributed by atoms with E-state index in [4.69, 9.17) is 0 Å². The number of nitrogens with zero attached hydrogens (tertiary/aromatic N) is 1. The second kappa shape index (κ2) is 8.04. The molecule has 136 valence electrons. The molecule has 1 fully saturated rings. The molecular weight excluding hydrogens is 326 g/mol. The van der Waals surface area contributed by atoms with Gasteiger partial charge in [0.2, 0.25) is 5.91 Å². The first-order valence-electron chi connectivity index (χ1n) is 9.07. The molecule has 0 saturated carbocycles. The maximum absolute atomic E-state index is 12.5. The van der Waals surface area contributed by atoms with E-state index in [1.807, 2.05) is 37.3 Å². The fourth-order valence-electron chi connectivity index (χ4n) is 3.28. The average molecular weight is 351 g/mol. The van der Waals surface area contributed by atoms with E-state index in [-0.39, 0.29) is 17.9 Å². The molecule has 5 nitrogen and oxygen atoms in total. The Labute approximate surface area is 154 Å². The van der Waals surface area contributed by atoms with Gasteiger partial charge in [-0.3, -0.25) is 4.79 Å². The number of hydrogen-bond donors (Lipinski definition) is 2. The lowest BCUT2D eigenvalue weighted by molar-refractivity contribution is -0.124. The predicted octanol–water partition coefficient (Wildman–Crippen LogP) is 3.65. The van der Waals surface area contributed by atoms with E-state index < -0.39 is 0 Å². The van der Waals surface area contributed by atoms with Crippen molar-refractivity contribution in [3.05, 3.63) is 54.1 Å². The third-order valence-corrected chi connectivity index (χ3v) is 4.66. The van der Waals surface area contributed by atoms with Gasteiger partial charge in [0, 0.05) is 25.3 Å². The number of hydrogen-bond acceptors (Lipinski definition) is 2. The van der Waals surface area contributed by atoms with Crippen LogP contribution >= 0.6 is 0 Å². The molecule has 2 aromatic carbocycles. The molecule has 1 aliphatic heterocycles. The Morgan fingerprint density at radius 2 is 1.85 bits per heavy atom. The molecule has 1 saturated heterocycles. The zero-order valence-corrected chi connectivity index (χ0v) is 15.3. The second-order valence-corrected chi connectivity index (χ2v) is 6.71. The van der Waals surface area contributed by atoms with Crippen molar-refractivity contribution in [3.8, 4) is 11.1 Å². The Kier molecular flexibility index (Phi) is 5.56. The van der Waals surface area contributed by atoms with E-state index >= 15 is 0 Å². The van der Waals surface area contributed by atoms with Gasteiger partial charge in [0.25, 0.3) is 0 Å². The minimum Gasteiger partial charge on any atom is -0.356 e. The van der Waals surface area contributed by atoms with Gasteiger partial charge >= 0.3 is 6.03 Å². The van der Waals surface area contributed by atoms with E-state index in [1.54, 1.807) is 4.90 Å². The molecule has 0 radical (unpaired) electrons. The topological polar surface area (TPSA) is 61.4 Å². The quantitative estimate of drug-likeness (QED) is 0.883. The van der Waals surface area contributed by atoms with Gasteiger partial charge in [-0.15, -0.1) is 0 Å². The fraction of sp³-hybridized carbons (Fsp3) is 0.333. The first kappa shape index (κ1) is 18.0. The van der Waals surface area contributed by atoms with Crippen molar-refractivity contribution < 1.29 is 9.59 Å². The van der Waals surface area contributed by atoms with Gasteiger partial charge in [-0.1, -0.05) is 42.0 Å². The number of carbonyl (C=O) groups excluding carboxylic acids is 2. The highest BCUT2D eigenvalue weighted by Gasteiger charge is 2.30. The molecule has 2 aromatic rings. The molecule has 0 aliphatic carbocycles. The SMILES string of the molecule is CCNC(=O)C1CCN(C(=O)Nc2cccc(-c3cccc(C)c3)c2)C1. The van der Waals surface area contributed by atoms with E-state index in [0.29, 0.717) is 26.1 Å². The summed E-state index contributed by atoms with van der Waals surface area (Å²) >= 11 is 0. The zero-order chi connectivity index (χ0) is 18.5. The largest absolute Gasteiger partial charge is 0.356 e. The van der Waals surface area contributed by atoms with Gasteiger partial charge in [0.05, 0.1) is 5.92 Å². The van der Waals surface area contributed by atoms with Crippen molar-refractivity contribution in [1.82, 2.24) is 10.2 Å². The van der Waals surface area contributed by atoms with Crippen LogP contribution in [0.5, 0.6) is 0 Å². The van der Waals surface area contributed by atoms with E-state index in [0.717, 1.165) is 16.8 Å². The van der Waals surface area contributed by atoms with Crippen LogP contribution in [0.4, 0.5) is 10.5 Å². The van der Waals surface area contributed by atoms with E-state index in [9.17, 15) is 9.59 Å². The molecule has 0 spiro atoms. The van der Waals surface area contributed by atoms with Crippen LogP contribution in [0.25, 0.3) is 11.1 Å². The third-order valence-electron chi connectivity index (χ3n) is 4.66.